The number of hydrogen-bond donors (Lipinski definition) is 1. The maximum Gasteiger partial charge on any atom is 0.118 e. The minimum absolute atomic E-state index is 0.587. The SMILES string of the molecule is Nc1cn(Cc2ccc(Br)cc2)nc1-c1cc(Cl)sc1Cl. The van der Waals surface area contributed by atoms with Gasteiger partial charge in [-0.3, -0.25) is 4.68 Å². The third kappa shape index (κ3) is 3.26. The molecule has 3 nitrogen and oxygen atoms in total. The molecule has 1 aromatic carbocycles. The maximum absolute atomic E-state index is 6.16. The van der Waals surface area contributed by atoms with Crippen LogP contribution in [0.25, 0.3) is 11.3 Å². The van der Waals surface area contributed by atoms with Crippen molar-refractivity contribution < 1.29 is 0 Å². The highest BCUT2D eigenvalue weighted by molar-refractivity contribution is 9.10. The lowest BCUT2D eigenvalue weighted by Crippen LogP contribution is -2.00. The molecule has 3 aromatic rings. The molecule has 2 heterocycles. The molecule has 0 atom stereocenters. The van der Waals surface area contributed by atoms with Gasteiger partial charge in [-0.1, -0.05) is 51.3 Å². The van der Waals surface area contributed by atoms with Crippen molar-refractivity contribution in [3.05, 3.63) is 55.2 Å². The lowest BCUT2D eigenvalue weighted by molar-refractivity contribution is 0.689. The van der Waals surface area contributed by atoms with Gasteiger partial charge in [-0.15, -0.1) is 11.3 Å². The molecule has 0 fully saturated rings. The van der Waals surface area contributed by atoms with Gasteiger partial charge in [0.2, 0.25) is 0 Å². The molecule has 7 heteroatoms. The second kappa shape index (κ2) is 6.01. The fourth-order valence-electron chi connectivity index (χ4n) is 2.01. The van der Waals surface area contributed by atoms with E-state index in [0.717, 1.165) is 15.6 Å². The molecule has 108 valence electrons. The van der Waals surface area contributed by atoms with E-state index in [1.165, 1.54) is 11.3 Å². The fourth-order valence-corrected chi connectivity index (χ4v) is 3.74. The largest absolute Gasteiger partial charge is 0.396 e. The van der Waals surface area contributed by atoms with Gasteiger partial charge in [0.1, 0.15) is 10.0 Å². The van der Waals surface area contributed by atoms with Gasteiger partial charge < -0.3 is 5.73 Å². The molecule has 0 amide bonds. The van der Waals surface area contributed by atoms with E-state index in [1.54, 1.807) is 16.9 Å². The molecule has 2 aromatic heterocycles. The first kappa shape index (κ1) is 14.9. The topological polar surface area (TPSA) is 43.8 Å². The number of nitrogens with two attached hydrogens (primary N) is 1. The zero-order chi connectivity index (χ0) is 15.0. The molecule has 21 heavy (non-hydrogen) atoms. The van der Waals surface area contributed by atoms with Crippen molar-refractivity contribution in [2.24, 2.45) is 0 Å². The van der Waals surface area contributed by atoms with Crippen LogP contribution in [0.2, 0.25) is 8.67 Å². The zero-order valence-electron chi connectivity index (χ0n) is 10.7. The Hall–Kier alpha value is -1.01. The summed E-state index contributed by atoms with van der Waals surface area (Å²) in [5, 5.41) is 4.52. The van der Waals surface area contributed by atoms with Gasteiger partial charge in [-0.2, -0.15) is 5.10 Å². The molecular weight excluding hydrogens is 393 g/mol. The smallest absolute Gasteiger partial charge is 0.118 e. The van der Waals surface area contributed by atoms with Gasteiger partial charge in [-0.05, 0) is 23.8 Å². The number of nitrogen functional groups attached to an aromatic ring is 1. The summed E-state index contributed by atoms with van der Waals surface area (Å²) in [6.45, 7) is 0.646. The molecule has 3 rings (SSSR count). The summed E-state index contributed by atoms with van der Waals surface area (Å²) in [7, 11) is 0. The average Bonchev–Trinajstić information content (AvgIpc) is 2.95. The monoisotopic (exact) mass is 401 g/mol. The van der Waals surface area contributed by atoms with Crippen molar-refractivity contribution in [2.45, 2.75) is 6.54 Å². The van der Waals surface area contributed by atoms with Crippen LogP contribution >= 0.6 is 50.5 Å². The Bertz CT molecular complexity index is 780. The number of aromatic nitrogens is 2. The average molecular weight is 403 g/mol. The minimum Gasteiger partial charge on any atom is -0.396 e. The Morgan fingerprint density at radius 3 is 2.57 bits per heavy atom. The first-order chi connectivity index (χ1) is 10.0. The molecule has 0 radical (unpaired) electrons. The standard InChI is InChI=1S/C14H10BrCl2N3S/c15-9-3-1-8(2-4-9)6-20-7-11(18)13(19-20)10-5-12(16)21-14(10)17/h1-5,7H,6,18H2. The summed E-state index contributed by atoms with van der Waals surface area (Å²) in [6, 6.07) is 9.86. The molecule has 0 bridgehead atoms. The number of halogens is 3. The van der Waals surface area contributed by atoms with Crippen molar-refractivity contribution >= 4 is 56.2 Å². The van der Waals surface area contributed by atoms with E-state index in [4.69, 9.17) is 28.9 Å². The Morgan fingerprint density at radius 1 is 1.24 bits per heavy atom. The number of benzene rings is 1. The highest BCUT2D eigenvalue weighted by atomic mass is 79.9. The van der Waals surface area contributed by atoms with Crippen molar-refractivity contribution in [1.29, 1.82) is 0 Å². The third-order valence-corrected chi connectivity index (χ3v) is 4.98. The Morgan fingerprint density at radius 2 is 1.95 bits per heavy atom. The summed E-state index contributed by atoms with van der Waals surface area (Å²) in [5.74, 6) is 0. The molecule has 0 aliphatic carbocycles. The van der Waals surface area contributed by atoms with Crippen molar-refractivity contribution in [3.8, 4) is 11.3 Å². The molecule has 2 N–H and O–H groups in total. The van der Waals surface area contributed by atoms with Crippen LogP contribution in [0.15, 0.2) is 41.0 Å². The Balaban J connectivity index is 1.91. The quantitative estimate of drug-likeness (QED) is 0.644. The highest BCUT2D eigenvalue weighted by Gasteiger charge is 2.15. The number of anilines is 1. The summed E-state index contributed by atoms with van der Waals surface area (Å²) in [4.78, 5) is 0. The van der Waals surface area contributed by atoms with Crippen molar-refractivity contribution in [3.63, 3.8) is 0 Å². The van der Waals surface area contributed by atoms with Gasteiger partial charge in [-0.25, -0.2) is 0 Å². The summed E-state index contributed by atoms with van der Waals surface area (Å²) >= 11 is 16.9. The molecule has 0 saturated carbocycles. The molecule has 0 aliphatic heterocycles. The fraction of sp³-hybridized carbons (Fsp3) is 0.0714. The van der Waals surface area contributed by atoms with Crippen LogP contribution in [0.1, 0.15) is 5.56 Å². The number of rotatable bonds is 3. The van der Waals surface area contributed by atoms with Crippen LogP contribution in [0, 0.1) is 0 Å². The highest BCUT2D eigenvalue weighted by Crippen LogP contribution is 2.39. The van der Waals surface area contributed by atoms with Crippen LogP contribution in [0.3, 0.4) is 0 Å². The normalized spacial score (nSPS) is 11.0. The number of thiophene rings is 1. The first-order valence-electron chi connectivity index (χ1n) is 6.05. The molecule has 0 unspecified atom stereocenters. The number of hydrogen-bond acceptors (Lipinski definition) is 3. The van der Waals surface area contributed by atoms with Crippen LogP contribution in [-0.4, -0.2) is 9.78 Å². The van der Waals surface area contributed by atoms with Gasteiger partial charge in [0.15, 0.2) is 0 Å². The molecule has 0 spiro atoms. The van der Waals surface area contributed by atoms with E-state index >= 15 is 0 Å². The zero-order valence-corrected chi connectivity index (χ0v) is 14.6. The second-order valence-electron chi connectivity index (χ2n) is 4.49. The van der Waals surface area contributed by atoms with Crippen molar-refractivity contribution in [2.75, 3.05) is 5.73 Å². The lowest BCUT2D eigenvalue weighted by Gasteiger charge is -2.01. The van der Waals surface area contributed by atoms with E-state index in [9.17, 15) is 0 Å². The van der Waals surface area contributed by atoms with E-state index < -0.39 is 0 Å². The second-order valence-corrected chi connectivity index (χ2v) is 7.70. The van der Waals surface area contributed by atoms with Crippen LogP contribution < -0.4 is 5.73 Å². The predicted octanol–water partition coefficient (Wildman–Crippen LogP) is 5.31. The van der Waals surface area contributed by atoms with Gasteiger partial charge in [0.05, 0.1) is 16.6 Å². The lowest BCUT2D eigenvalue weighted by atomic mass is 10.2. The molecular formula is C14H10BrCl2N3S. The van der Waals surface area contributed by atoms with Gasteiger partial charge in [0, 0.05) is 16.2 Å². The van der Waals surface area contributed by atoms with Crippen LogP contribution in [-0.2, 0) is 6.54 Å². The van der Waals surface area contributed by atoms with Crippen LogP contribution in [0.5, 0.6) is 0 Å². The summed E-state index contributed by atoms with van der Waals surface area (Å²) in [6.07, 6.45) is 1.80. The summed E-state index contributed by atoms with van der Waals surface area (Å²) in [5.41, 5.74) is 9.21. The summed E-state index contributed by atoms with van der Waals surface area (Å²) < 4.78 is 4.07. The number of nitrogens with zero attached hydrogens (tertiary/aromatic N) is 2. The third-order valence-electron chi connectivity index (χ3n) is 2.96. The van der Waals surface area contributed by atoms with E-state index in [0.29, 0.717) is 26.6 Å². The van der Waals surface area contributed by atoms with Gasteiger partial charge in [0.25, 0.3) is 0 Å². The Labute approximate surface area is 144 Å². The minimum atomic E-state index is 0.587. The van der Waals surface area contributed by atoms with Gasteiger partial charge >= 0.3 is 0 Å². The first-order valence-corrected chi connectivity index (χ1v) is 8.42. The van der Waals surface area contributed by atoms with Crippen molar-refractivity contribution in [1.82, 2.24) is 9.78 Å². The van der Waals surface area contributed by atoms with E-state index in [2.05, 4.69) is 21.0 Å². The Kier molecular flexibility index (Phi) is 4.26. The molecule has 0 aliphatic rings. The molecule has 0 saturated heterocycles. The van der Waals surface area contributed by atoms with E-state index in [-0.39, 0.29) is 0 Å². The van der Waals surface area contributed by atoms with Crippen LogP contribution in [0.4, 0.5) is 5.69 Å². The maximum atomic E-state index is 6.16. The van der Waals surface area contributed by atoms with E-state index in [1.807, 2.05) is 24.3 Å². The predicted molar refractivity (Wildman–Crippen MR) is 93.2 cm³/mol.